The number of hydrogen-bond acceptors (Lipinski definition) is 2. The second kappa shape index (κ2) is 6.17. The van der Waals surface area contributed by atoms with Crippen LogP contribution in [0.4, 0.5) is 0 Å². The molecule has 5 rings (SSSR count). The summed E-state index contributed by atoms with van der Waals surface area (Å²) in [6.07, 6.45) is 1.83. The zero-order chi connectivity index (χ0) is 19.5. The van der Waals surface area contributed by atoms with Crippen LogP contribution >= 0.6 is 11.3 Å². The van der Waals surface area contributed by atoms with E-state index in [0.717, 1.165) is 16.8 Å². The summed E-state index contributed by atoms with van der Waals surface area (Å²) in [5.74, 6) is -0.639. The Morgan fingerprint density at radius 2 is 1.70 bits per heavy atom. The second-order valence-corrected chi connectivity index (χ2v) is 8.40. The van der Waals surface area contributed by atoms with Crippen molar-refractivity contribution in [3.05, 3.63) is 78.0 Å². The van der Waals surface area contributed by atoms with Crippen molar-refractivity contribution in [1.82, 2.24) is 4.98 Å². The normalized spacial score (nSPS) is 12.8. The predicted octanol–water partition coefficient (Wildman–Crippen LogP) is 7.70. The highest BCUT2D eigenvalue weighted by atomic mass is 32.1. The highest BCUT2D eigenvalue weighted by molar-refractivity contribution is 7.27. The molecule has 0 atom stereocenters. The third kappa shape index (κ3) is 2.64. The highest BCUT2D eigenvalue weighted by Gasteiger charge is 2.13. The third-order valence-electron chi connectivity index (χ3n) is 5.25. The molecule has 0 unspecified atom stereocenters. The van der Waals surface area contributed by atoms with E-state index in [2.05, 4.69) is 66.5 Å². The first kappa shape index (κ1) is 15.4. The highest BCUT2D eigenvalue weighted by Crippen LogP contribution is 2.42. The van der Waals surface area contributed by atoms with Gasteiger partial charge in [0.2, 0.25) is 0 Å². The molecular weight excluding hydrogens is 346 g/mol. The predicted molar refractivity (Wildman–Crippen MR) is 119 cm³/mol. The molecule has 0 saturated carbocycles. The monoisotopic (exact) mass is 368 g/mol. The fraction of sp³-hybridized carbons (Fsp3) is 0.160. The summed E-state index contributed by atoms with van der Waals surface area (Å²) in [5, 5.41) is 5.18. The van der Waals surface area contributed by atoms with Gasteiger partial charge in [0.1, 0.15) is 0 Å². The second-order valence-electron chi connectivity index (χ2n) is 7.38. The van der Waals surface area contributed by atoms with Crippen LogP contribution in [0, 0.1) is 6.92 Å². The number of nitrogens with zero attached hydrogens (tertiary/aromatic N) is 1. The lowest BCUT2D eigenvalue weighted by Crippen LogP contribution is -1.90. The van der Waals surface area contributed by atoms with E-state index in [0.29, 0.717) is 0 Å². The Kier molecular flexibility index (Phi) is 3.51. The van der Waals surface area contributed by atoms with Crippen LogP contribution in [-0.2, 0) is 0 Å². The summed E-state index contributed by atoms with van der Waals surface area (Å²) in [6.45, 7) is 5.98. The van der Waals surface area contributed by atoms with Gasteiger partial charge < -0.3 is 0 Å². The molecule has 2 heteroatoms. The van der Waals surface area contributed by atoms with Gasteiger partial charge in [0.05, 0.1) is 5.69 Å². The summed E-state index contributed by atoms with van der Waals surface area (Å²) >= 11 is 1.85. The van der Waals surface area contributed by atoms with Gasteiger partial charge in [-0.25, -0.2) is 0 Å². The van der Waals surface area contributed by atoms with E-state index in [1.807, 2.05) is 37.4 Å². The standard InChI is InChI=1S/C25H21NS/c1-15(2)18-11-12-26-23(14-18)21-6-4-5-19-20-10-9-17-8-7-16(3)13-22(17)25(20)27-24(19)21/h4-15H,1-3H3/i15D. The number of benzene rings is 3. The molecule has 0 amide bonds. The van der Waals surface area contributed by atoms with Crippen LogP contribution in [0.2, 0.25) is 0 Å². The quantitative estimate of drug-likeness (QED) is 0.311. The van der Waals surface area contributed by atoms with Gasteiger partial charge in [-0.1, -0.05) is 61.9 Å². The van der Waals surface area contributed by atoms with E-state index in [4.69, 9.17) is 1.37 Å². The van der Waals surface area contributed by atoms with Crippen molar-refractivity contribution in [1.29, 1.82) is 0 Å². The minimum Gasteiger partial charge on any atom is -0.256 e. The number of aromatic nitrogens is 1. The maximum absolute atomic E-state index is 8.37. The third-order valence-corrected chi connectivity index (χ3v) is 6.54. The lowest BCUT2D eigenvalue weighted by molar-refractivity contribution is 0.864. The molecule has 0 aliphatic carbocycles. The van der Waals surface area contributed by atoms with Gasteiger partial charge >= 0.3 is 0 Å². The molecule has 0 aliphatic rings. The van der Waals surface area contributed by atoms with Crippen LogP contribution in [0.3, 0.4) is 0 Å². The lowest BCUT2D eigenvalue weighted by atomic mass is 10.00. The summed E-state index contributed by atoms with van der Waals surface area (Å²) in [5.41, 5.74) is 4.35. The number of aryl methyl sites for hydroxylation is 1. The molecule has 3 aromatic carbocycles. The van der Waals surface area contributed by atoms with Crippen molar-refractivity contribution < 1.29 is 1.37 Å². The summed E-state index contributed by atoms with van der Waals surface area (Å²) < 4.78 is 11.0. The van der Waals surface area contributed by atoms with Crippen LogP contribution in [0.25, 0.3) is 42.2 Å². The van der Waals surface area contributed by atoms with Crippen LogP contribution in [0.1, 0.15) is 32.2 Å². The van der Waals surface area contributed by atoms with Crippen LogP contribution in [0.5, 0.6) is 0 Å². The number of thiophene rings is 1. The van der Waals surface area contributed by atoms with E-state index >= 15 is 0 Å². The molecule has 0 saturated heterocycles. The Bertz CT molecular complexity index is 1360. The first-order valence-corrected chi connectivity index (χ1v) is 10.0. The van der Waals surface area contributed by atoms with Crippen molar-refractivity contribution >= 4 is 42.3 Å². The molecule has 0 radical (unpaired) electrons. The van der Waals surface area contributed by atoms with Gasteiger partial charge in [0, 0.05) is 33.3 Å². The molecule has 2 aromatic heterocycles. The van der Waals surface area contributed by atoms with E-state index in [1.165, 1.54) is 36.5 Å². The summed E-state index contributed by atoms with van der Waals surface area (Å²) in [6, 6.07) is 21.6. The average molecular weight is 369 g/mol. The Labute approximate surface area is 164 Å². The van der Waals surface area contributed by atoms with Crippen LogP contribution < -0.4 is 0 Å². The molecule has 1 nitrogen and oxygen atoms in total. The van der Waals surface area contributed by atoms with Gasteiger partial charge in [-0.05, 0) is 47.4 Å². The molecule has 0 aliphatic heterocycles. The van der Waals surface area contributed by atoms with Gasteiger partial charge in [-0.2, -0.15) is 0 Å². The molecule has 0 fully saturated rings. The van der Waals surface area contributed by atoms with Crippen molar-refractivity contribution in [3.8, 4) is 11.3 Å². The van der Waals surface area contributed by atoms with Crippen molar-refractivity contribution in [2.75, 3.05) is 0 Å². The number of pyridine rings is 1. The molecule has 132 valence electrons. The van der Waals surface area contributed by atoms with E-state index < -0.39 is 5.89 Å². The minimum atomic E-state index is -0.639. The molecule has 0 spiro atoms. The van der Waals surface area contributed by atoms with Gasteiger partial charge in [0.25, 0.3) is 0 Å². The summed E-state index contributed by atoms with van der Waals surface area (Å²) in [7, 11) is 0. The molecule has 2 heterocycles. The Hall–Kier alpha value is -2.71. The Balaban J connectivity index is 1.83. The zero-order valence-corrected chi connectivity index (χ0v) is 16.5. The van der Waals surface area contributed by atoms with E-state index in [9.17, 15) is 0 Å². The van der Waals surface area contributed by atoms with Gasteiger partial charge in [0.15, 0.2) is 0 Å². The minimum absolute atomic E-state index is 0.639. The molecule has 27 heavy (non-hydrogen) atoms. The van der Waals surface area contributed by atoms with Gasteiger partial charge in [-0.15, -0.1) is 11.3 Å². The number of rotatable bonds is 2. The van der Waals surface area contributed by atoms with Crippen molar-refractivity contribution in [2.45, 2.75) is 26.7 Å². The van der Waals surface area contributed by atoms with Crippen LogP contribution in [0.15, 0.2) is 66.9 Å². The maximum atomic E-state index is 8.37. The van der Waals surface area contributed by atoms with E-state index in [-0.39, 0.29) is 0 Å². The smallest absolute Gasteiger partial charge is 0.0719 e. The number of fused-ring (bicyclic) bond motifs is 5. The van der Waals surface area contributed by atoms with E-state index in [1.54, 1.807) is 0 Å². The maximum Gasteiger partial charge on any atom is 0.0719 e. The Morgan fingerprint density at radius 1 is 0.889 bits per heavy atom. The molecular formula is C25H21NS. The first-order chi connectivity index (χ1) is 13.4. The fourth-order valence-corrected chi connectivity index (χ4v) is 5.13. The topological polar surface area (TPSA) is 12.9 Å². The average Bonchev–Trinajstić information content (AvgIpc) is 3.07. The SMILES string of the molecule is [2H]C(C)(C)c1ccnc(-c2cccc3c2sc2c4cc(C)ccc4ccc32)c1. The number of hydrogen-bond donors (Lipinski definition) is 0. The Morgan fingerprint density at radius 3 is 2.56 bits per heavy atom. The fourth-order valence-electron chi connectivity index (χ4n) is 3.78. The zero-order valence-electron chi connectivity index (χ0n) is 16.7. The van der Waals surface area contributed by atoms with Gasteiger partial charge in [-0.3, -0.25) is 4.98 Å². The molecule has 5 aromatic rings. The van der Waals surface area contributed by atoms with Crippen molar-refractivity contribution in [3.63, 3.8) is 0 Å². The lowest BCUT2D eigenvalue weighted by Gasteiger charge is -2.08. The van der Waals surface area contributed by atoms with Crippen LogP contribution in [-0.4, -0.2) is 4.98 Å². The first-order valence-electron chi connectivity index (χ1n) is 9.73. The summed E-state index contributed by atoms with van der Waals surface area (Å²) in [4.78, 5) is 4.64. The molecule has 0 bridgehead atoms. The van der Waals surface area contributed by atoms with Crippen molar-refractivity contribution in [2.24, 2.45) is 0 Å². The largest absolute Gasteiger partial charge is 0.256 e. The molecule has 0 N–H and O–H groups in total.